The molecule has 5 nitrogen and oxygen atoms in total. The van der Waals surface area contributed by atoms with E-state index in [0.717, 1.165) is 11.1 Å². The van der Waals surface area contributed by atoms with E-state index in [1.54, 1.807) is 13.0 Å². The molecule has 0 amide bonds. The van der Waals surface area contributed by atoms with Crippen LogP contribution in [0, 0.1) is 0 Å². The van der Waals surface area contributed by atoms with E-state index in [9.17, 15) is 8.42 Å². The molecule has 0 spiro atoms. The highest BCUT2D eigenvalue weighted by atomic mass is 32.2. The van der Waals surface area contributed by atoms with Crippen molar-refractivity contribution in [2.45, 2.75) is 24.4 Å². The Morgan fingerprint density at radius 3 is 2.50 bits per heavy atom. The zero-order chi connectivity index (χ0) is 14.6. The van der Waals surface area contributed by atoms with Crippen molar-refractivity contribution >= 4 is 10.0 Å². The third-order valence-electron chi connectivity index (χ3n) is 2.99. The van der Waals surface area contributed by atoms with Gasteiger partial charge < -0.3 is 5.73 Å². The van der Waals surface area contributed by atoms with E-state index in [0.29, 0.717) is 6.54 Å². The first-order valence-electron chi connectivity index (χ1n) is 6.24. The minimum atomic E-state index is -3.56. The van der Waals surface area contributed by atoms with Gasteiger partial charge in [-0.3, -0.25) is 4.98 Å². The van der Waals surface area contributed by atoms with Gasteiger partial charge in [0.1, 0.15) is 4.90 Å². The maximum atomic E-state index is 12.2. The Balaban J connectivity index is 2.16. The first kappa shape index (κ1) is 14.6. The SMILES string of the molecule is CC(NS(=O)(=O)c1cccnc1)c1ccc(CN)cc1. The van der Waals surface area contributed by atoms with Crippen LogP contribution in [0.3, 0.4) is 0 Å². The van der Waals surface area contributed by atoms with Gasteiger partial charge in [0, 0.05) is 25.0 Å². The fraction of sp³-hybridized carbons (Fsp3) is 0.214. The molecule has 2 rings (SSSR count). The van der Waals surface area contributed by atoms with Crippen molar-refractivity contribution in [3.05, 3.63) is 59.9 Å². The van der Waals surface area contributed by atoms with Crippen LogP contribution in [0.15, 0.2) is 53.7 Å². The summed E-state index contributed by atoms with van der Waals surface area (Å²) in [5.74, 6) is 0. The molecule has 1 heterocycles. The first-order valence-corrected chi connectivity index (χ1v) is 7.72. The number of aromatic nitrogens is 1. The van der Waals surface area contributed by atoms with Gasteiger partial charge in [0.15, 0.2) is 0 Å². The van der Waals surface area contributed by atoms with Crippen LogP contribution in [0.4, 0.5) is 0 Å². The Morgan fingerprint density at radius 1 is 1.25 bits per heavy atom. The maximum Gasteiger partial charge on any atom is 0.242 e. The maximum absolute atomic E-state index is 12.2. The van der Waals surface area contributed by atoms with Crippen molar-refractivity contribution in [3.63, 3.8) is 0 Å². The van der Waals surface area contributed by atoms with Gasteiger partial charge in [-0.05, 0) is 30.2 Å². The van der Waals surface area contributed by atoms with Crippen LogP contribution in [0.25, 0.3) is 0 Å². The van der Waals surface area contributed by atoms with Crippen LogP contribution in [0.2, 0.25) is 0 Å². The van der Waals surface area contributed by atoms with Gasteiger partial charge in [-0.25, -0.2) is 13.1 Å². The van der Waals surface area contributed by atoms with Crippen LogP contribution in [-0.4, -0.2) is 13.4 Å². The molecular weight excluding hydrogens is 274 g/mol. The average Bonchev–Trinajstić information content (AvgIpc) is 2.48. The van der Waals surface area contributed by atoms with Gasteiger partial charge >= 0.3 is 0 Å². The summed E-state index contributed by atoms with van der Waals surface area (Å²) < 4.78 is 27.0. The second kappa shape index (κ2) is 6.13. The monoisotopic (exact) mass is 291 g/mol. The molecule has 1 atom stereocenters. The highest BCUT2D eigenvalue weighted by Crippen LogP contribution is 2.17. The average molecular weight is 291 g/mol. The van der Waals surface area contributed by atoms with Crippen molar-refractivity contribution in [1.29, 1.82) is 0 Å². The number of pyridine rings is 1. The van der Waals surface area contributed by atoms with Crippen molar-refractivity contribution in [2.75, 3.05) is 0 Å². The molecule has 0 aliphatic heterocycles. The minimum Gasteiger partial charge on any atom is -0.326 e. The fourth-order valence-electron chi connectivity index (χ4n) is 1.82. The number of nitrogens with one attached hydrogen (secondary N) is 1. The third kappa shape index (κ3) is 3.41. The number of hydrogen-bond acceptors (Lipinski definition) is 4. The molecule has 106 valence electrons. The molecule has 3 N–H and O–H groups in total. The number of nitrogens with two attached hydrogens (primary N) is 1. The summed E-state index contributed by atoms with van der Waals surface area (Å²) in [5.41, 5.74) is 7.43. The van der Waals surface area contributed by atoms with Crippen LogP contribution in [-0.2, 0) is 16.6 Å². The Morgan fingerprint density at radius 2 is 1.95 bits per heavy atom. The van der Waals surface area contributed by atoms with E-state index < -0.39 is 10.0 Å². The molecular formula is C14H17N3O2S. The van der Waals surface area contributed by atoms with Gasteiger partial charge in [0.25, 0.3) is 0 Å². The Kier molecular flexibility index (Phi) is 4.49. The summed E-state index contributed by atoms with van der Waals surface area (Å²) >= 11 is 0. The first-order chi connectivity index (χ1) is 9.53. The van der Waals surface area contributed by atoms with Crippen molar-refractivity contribution in [1.82, 2.24) is 9.71 Å². The summed E-state index contributed by atoms with van der Waals surface area (Å²) in [6.45, 7) is 2.27. The van der Waals surface area contributed by atoms with Gasteiger partial charge in [-0.15, -0.1) is 0 Å². The lowest BCUT2D eigenvalue weighted by Gasteiger charge is -2.15. The van der Waals surface area contributed by atoms with E-state index in [-0.39, 0.29) is 10.9 Å². The van der Waals surface area contributed by atoms with Crippen LogP contribution in [0.1, 0.15) is 24.1 Å². The van der Waals surface area contributed by atoms with Crippen molar-refractivity contribution < 1.29 is 8.42 Å². The molecule has 6 heteroatoms. The number of rotatable bonds is 5. The van der Waals surface area contributed by atoms with Crippen LogP contribution < -0.4 is 10.5 Å². The third-order valence-corrected chi connectivity index (χ3v) is 4.52. The second-order valence-electron chi connectivity index (χ2n) is 4.48. The molecule has 0 fully saturated rings. The molecule has 20 heavy (non-hydrogen) atoms. The summed E-state index contributed by atoms with van der Waals surface area (Å²) in [4.78, 5) is 3.98. The predicted octanol–water partition coefficient (Wildman–Crippen LogP) is 1.58. The van der Waals surface area contributed by atoms with E-state index in [4.69, 9.17) is 5.73 Å². The Labute approximate surface area is 118 Å². The van der Waals surface area contributed by atoms with E-state index in [2.05, 4.69) is 9.71 Å². The highest BCUT2D eigenvalue weighted by Gasteiger charge is 2.18. The highest BCUT2D eigenvalue weighted by molar-refractivity contribution is 7.89. The lowest BCUT2D eigenvalue weighted by Crippen LogP contribution is -2.27. The molecule has 1 unspecified atom stereocenters. The van der Waals surface area contributed by atoms with Gasteiger partial charge in [-0.1, -0.05) is 24.3 Å². The molecule has 0 aliphatic rings. The molecule has 0 bridgehead atoms. The Bertz CT molecular complexity index is 655. The van der Waals surface area contributed by atoms with E-state index >= 15 is 0 Å². The zero-order valence-corrected chi connectivity index (χ0v) is 12.0. The quantitative estimate of drug-likeness (QED) is 0.876. The largest absolute Gasteiger partial charge is 0.326 e. The summed E-state index contributed by atoms with van der Waals surface area (Å²) in [6.07, 6.45) is 2.86. The number of hydrogen-bond donors (Lipinski definition) is 2. The summed E-state index contributed by atoms with van der Waals surface area (Å²) in [5, 5.41) is 0. The number of benzene rings is 1. The lowest BCUT2D eigenvalue weighted by molar-refractivity contribution is 0.566. The van der Waals surface area contributed by atoms with Crippen molar-refractivity contribution in [2.24, 2.45) is 5.73 Å². The molecule has 0 aliphatic carbocycles. The number of nitrogens with zero attached hydrogens (tertiary/aromatic N) is 1. The normalized spacial score (nSPS) is 13.1. The summed E-state index contributed by atoms with van der Waals surface area (Å²) in [6, 6.07) is 10.3. The van der Waals surface area contributed by atoms with Crippen LogP contribution in [0.5, 0.6) is 0 Å². The van der Waals surface area contributed by atoms with E-state index in [1.807, 2.05) is 24.3 Å². The lowest BCUT2D eigenvalue weighted by atomic mass is 10.1. The molecule has 0 saturated carbocycles. The van der Waals surface area contributed by atoms with Crippen LogP contribution >= 0.6 is 0 Å². The minimum absolute atomic E-state index is 0.158. The van der Waals surface area contributed by atoms with Gasteiger partial charge in [0.2, 0.25) is 10.0 Å². The van der Waals surface area contributed by atoms with Gasteiger partial charge in [0.05, 0.1) is 0 Å². The molecule has 0 saturated heterocycles. The van der Waals surface area contributed by atoms with Gasteiger partial charge in [-0.2, -0.15) is 0 Å². The summed E-state index contributed by atoms with van der Waals surface area (Å²) in [7, 11) is -3.56. The van der Waals surface area contributed by atoms with Crippen molar-refractivity contribution in [3.8, 4) is 0 Å². The molecule has 1 aromatic heterocycles. The predicted molar refractivity (Wildman–Crippen MR) is 77.3 cm³/mol. The molecule has 2 aromatic rings. The number of sulfonamides is 1. The Hall–Kier alpha value is -1.76. The zero-order valence-electron chi connectivity index (χ0n) is 11.2. The standard InChI is InChI=1S/C14H17N3O2S/c1-11(13-6-4-12(9-15)5-7-13)17-20(18,19)14-3-2-8-16-10-14/h2-8,10-11,17H,9,15H2,1H3. The smallest absolute Gasteiger partial charge is 0.242 e. The molecule has 1 aromatic carbocycles. The topological polar surface area (TPSA) is 85.1 Å². The molecule has 0 radical (unpaired) electrons. The second-order valence-corrected chi connectivity index (χ2v) is 6.19. The van der Waals surface area contributed by atoms with E-state index in [1.165, 1.54) is 18.5 Å². The fourth-order valence-corrected chi connectivity index (χ4v) is 3.01.